The van der Waals surface area contributed by atoms with Crippen LogP contribution in [0.2, 0.25) is 0 Å². The molecule has 0 spiro atoms. The van der Waals surface area contributed by atoms with Crippen molar-refractivity contribution >= 4 is 11.9 Å². The lowest BCUT2D eigenvalue weighted by Crippen LogP contribution is -2.51. The van der Waals surface area contributed by atoms with Gasteiger partial charge in [-0.25, -0.2) is 0 Å². The molecule has 3 fully saturated rings. The van der Waals surface area contributed by atoms with E-state index in [2.05, 4.69) is 6.92 Å². The lowest BCUT2D eigenvalue weighted by molar-refractivity contribution is -0.152. The van der Waals surface area contributed by atoms with Crippen LogP contribution >= 0.6 is 0 Å². The Kier molecular flexibility index (Phi) is 3.71. The van der Waals surface area contributed by atoms with Crippen LogP contribution in [0.15, 0.2) is 0 Å². The number of piperidine rings is 1. The molecular weight excluding hydrogens is 258 g/mol. The minimum atomic E-state index is -0.874. The number of carbonyl (C=O) groups is 2. The smallest absolute Gasteiger partial charge is 0.310 e. The second kappa shape index (κ2) is 5.35. The van der Waals surface area contributed by atoms with Crippen LogP contribution in [0.4, 0.5) is 0 Å². The predicted molar refractivity (Wildman–Crippen MR) is 72.2 cm³/mol. The molecule has 2 bridgehead atoms. The Hall–Kier alpha value is -1.10. The summed E-state index contributed by atoms with van der Waals surface area (Å²) in [4.78, 5) is 26.3. The molecule has 20 heavy (non-hydrogen) atoms. The van der Waals surface area contributed by atoms with Gasteiger partial charge in [-0.05, 0) is 38.5 Å². The molecule has 0 radical (unpaired) electrons. The van der Waals surface area contributed by atoms with E-state index in [9.17, 15) is 14.7 Å². The number of nitrogens with zero attached hydrogens (tertiary/aromatic N) is 1. The number of hydrogen-bond acceptors (Lipinski definition) is 3. The zero-order valence-electron chi connectivity index (χ0n) is 12.0. The van der Waals surface area contributed by atoms with E-state index in [1.54, 1.807) is 0 Å². The first-order valence-corrected chi connectivity index (χ1v) is 7.82. The average molecular weight is 281 g/mol. The van der Waals surface area contributed by atoms with Gasteiger partial charge in [0, 0.05) is 12.6 Å². The molecule has 3 saturated heterocycles. The van der Waals surface area contributed by atoms with Gasteiger partial charge in [0.05, 0.1) is 24.0 Å². The van der Waals surface area contributed by atoms with Crippen molar-refractivity contribution in [3.05, 3.63) is 0 Å². The molecule has 5 atom stereocenters. The number of aliphatic carboxylic acids is 1. The molecule has 0 aliphatic carbocycles. The van der Waals surface area contributed by atoms with Crippen LogP contribution < -0.4 is 0 Å². The molecule has 0 aromatic heterocycles. The summed E-state index contributed by atoms with van der Waals surface area (Å²) in [7, 11) is 0. The minimum absolute atomic E-state index is 0.0242. The standard InChI is InChI=1S/C15H23NO4/c1-2-9-5-3-4-8-16(9)14(17)12-10-6-7-11(20-10)13(12)15(18)19/h9-13H,2-8H2,1H3,(H,18,19)/t9-,10-,11-,12-,13+/m1/s1. The average Bonchev–Trinajstić information content (AvgIpc) is 3.06. The van der Waals surface area contributed by atoms with Crippen molar-refractivity contribution in [1.29, 1.82) is 0 Å². The summed E-state index contributed by atoms with van der Waals surface area (Å²) in [5, 5.41) is 9.43. The Balaban J connectivity index is 1.80. The van der Waals surface area contributed by atoms with Gasteiger partial charge in [0.1, 0.15) is 0 Å². The first-order valence-electron chi connectivity index (χ1n) is 7.82. The van der Waals surface area contributed by atoms with Gasteiger partial charge in [-0.1, -0.05) is 6.92 Å². The van der Waals surface area contributed by atoms with Gasteiger partial charge in [-0.15, -0.1) is 0 Å². The van der Waals surface area contributed by atoms with Crippen molar-refractivity contribution in [2.45, 2.75) is 63.7 Å². The quantitative estimate of drug-likeness (QED) is 0.854. The molecule has 0 saturated carbocycles. The van der Waals surface area contributed by atoms with Gasteiger partial charge >= 0.3 is 5.97 Å². The molecule has 5 heteroatoms. The number of carbonyl (C=O) groups excluding carboxylic acids is 1. The zero-order chi connectivity index (χ0) is 14.3. The number of carboxylic acid groups (broad SMARTS) is 1. The maximum atomic E-state index is 12.9. The highest BCUT2D eigenvalue weighted by Crippen LogP contribution is 2.45. The fourth-order valence-electron chi connectivity index (χ4n) is 4.21. The number of likely N-dealkylation sites (tertiary alicyclic amines) is 1. The Bertz CT molecular complexity index is 411. The summed E-state index contributed by atoms with van der Waals surface area (Å²) in [5.74, 6) is -1.95. The summed E-state index contributed by atoms with van der Waals surface area (Å²) in [6.07, 6.45) is 5.37. The molecule has 1 amide bonds. The Labute approximate surface area is 119 Å². The summed E-state index contributed by atoms with van der Waals surface area (Å²) in [6, 6.07) is 0.282. The van der Waals surface area contributed by atoms with E-state index < -0.39 is 17.8 Å². The SMILES string of the molecule is CC[C@@H]1CCCCN1C(=O)[C@H]1[C@@H](C(=O)O)[C@H]2CC[C@H]1O2. The second-order valence-corrected chi connectivity index (χ2v) is 6.27. The molecule has 112 valence electrons. The second-order valence-electron chi connectivity index (χ2n) is 6.27. The lowest BCUT2D eigenvalue weighted by atomic mass is 9.78. The molecule has 0 unspecified atom stereocenters. The molecule has 3 rings (SSSR count). The highest BCUT2D eigenvalue weighted by Gasteiger charge is 2.56. The maximum Gasteiger partial charge on any atom is 0.310 e. The third-order valence-corrected chi connectivity index (χ3v) is 5.23. The summed E-state index contributed by atoms with van der Waals surface area (Å²) in [6.45, 7) is 2.87. The number of amides is 1. The topological polar surface area (TPSA) is 66.8 Å². The molecule has 5 nitrogen and oxygen atoms in total. The highest BCUT2D eigenvalue weighted by atomic mass is 16.5. The van der Waals surface area contributed by atoms with Crippen LogP contribution in [0, 0.1) is 11.8 Å². The number of carboxylic acids is 1. The van der Waals surface area contributed by atoms with Crippen molar-refractivity contribution in [2.75, 3.05) is 6.54 Å². The Morgan fingerprint density at radius 1 is 1.15 bits per heavy atom. The molecule has 1 N–H and O–H groups in total. The fourth-order valence-corrected chi connectivity index (χ4v) is 4.21. The van der Waals surface area contributed by atoms with E-state index in [4.69, 9.17) is 4.74 Å². The van der Waals surface area contributed by atoms with Gasteiger partial charge in [-0.2, -0.15) is 0 Å². The summed E-state index contributed by atoms with van der Waals surface area (Å²) < 4.78 is 5.71. The maximum absolute atomic E-state index is 12.9. The highest BCUT2D eigenvalue weighted by molar-refractivity contribution is 5.87. The van der Waals surface area contributed by atoms with Gasteiger partial charge < -0.3 is 14.7 Å². The van der Waals surface area contributed by atoms with Gasteiger partial charge in [-0.3, -0.25) is 9.59 Å². The van der Waals surface area contributed by atoms with E-state index in [0.29, 0.717) is 0 Å². The van der Waals surface area contributed by atoms with Crippen LogP contribution in [0.25, 0.3) is 0 Å². The number of rotatable bonds is 3. The van der Waals surface area contributed by atoms with Crippen molar-refractivity contribution in [2.24, 2.45) is 11.8 Å². The lowest BCUT2D eigenvalue weighted by Gasteiger charge is -2.38. The first-order chi connectivity index (χ1) is 9.63. The monoisotopic (exact) mass is 281 g/mol. The van der Waals surface area contributed by atoms with E-state index in [0.717, 1.165) is 45.1 Å². The third kappa shape index (κ3) is 2.12. The number of ether oxygens (including phenoxy) is 1. The van der Waals surface area contributed by atoms with Crippen molar-refractivity contribution in [3.63, 3.8) is 0 Å². The van der Waals surface area contributed by atoms with Crippen LogP contribution in [0.3, 0.4) is 0 Å². The molecule has 3 aliphatic heterocycles. The van der Waals surface area contributed by atoms with E-state index >= 15 is 0 Å². The van der Waals surface area contributed by atoms with Gasteiger partial charge in [0.15, 0.2) is 0 Å². The molecule has 0 aromatic carbocycles. The zero-order valence-corrected chi connectivity index (χ0v) is 12.0. The molecular formula is C15H23NO4. The van der Waals surface area contributed by atoms with E-state index in [1.807, 2.05) is 4.90 Å². The normalized spacial score (nSPS) is 40.0. The fraction of sp³-hybridized carbons (Fsp3) is 0.867. The number of fused-ring (bicyclic) bond motifs is 2. The third-order valence-electron chi connectivity index (χ3n) is 5.23. The van der Waals surface area contributed by atoms with Crippen molar-refractivity contribution in [3.8, 4) is 0 Å². The van der Waals surface area contributed by atoms with Crippen LogP contribution in [-0.2, 0) is 14.3 Å². The molecule has 0 aromatic rings. The summed E-state index contributed by atoms with van der Waals surface area (Å²) in [5.41, 5.74) is 0. The van der Waals surface area contributed by atoms with Crippen molar-refractivity contribution < 1.29 is 19.4 Å². The minimum Gasteiger partial charge on any atom is -0.481 e. The van der Waals surface area contributed by atoms with E-state index in [1.165, 1.54) is 0 Å². The van der Waals surface area contributed by atoms with Gasteiger partial charge in [0.25, 0.3) is 0 Å². The van der Waals surface area contributed by atoms with Gasteiger partial charge in [0.2, 0.25) is 5.91 Å². The number of hydrogen-bond donors (Lipinski definition) is 1. The van der Waals surface area contributed by atoms with Crippen LogP contribution in [0.1, 0.15) is 45.4 Å². The molecule has 3 heterocycles. The first kappa shape index (κ1) is 13.9. The van der Waals surface area contributed by atoms with E-state index in [-0.39, 0.29) is 24.2 Å². The predicted octanol–water partition coefficient (Wildman–Crippen LogP) is 1.66. The largest absolute Gasteiger partial charge is 0.481 e. The Morgan fingerprint density at radius 3 is 2.50 bits per heavy atom. The summed E-state index contributed by atoms with van der Waals surface area (Å²) >= 11 is 0. The van der Waals surface area contributed by atoms with Crippen molar-refractivity contribution in [1.82, 2.24) is 4.90 Å². The van der Waals surface area contributed by atoms with Crippen LogP contribution in [0.5, 0.6) is 0 Å². The molecule has 3 aliphatic rings. The Morgan fingerprint density at radius 2 is 1.85 bits per heavy atom. The van der Waals surface area contributed by atoms with Crippen LogP contribution in [-0.4, -0.2) is 46.7 Å².